The number of hydrogen-bond acceptors (Lipinski definition) is 3. The summed E-state index contributed by atoms with van der Waals surface area (Å²) in [6.07, 6.45) is 4.51. The first kappa shape index (κ1) is 20.6. The molecule has 1 fully saturated rings. The lowest BCUT2D eigenvalue weighted by atomic mass is 9.82. The van der Waals surface area contributed by atoms with Gasteiger partial charge in [-0.1, -0.05) is 48.5 Å². The Kier molecular flexibility index (Phi) is 6.53. The van der Waals surface area contributed by atoms with E-state index in [1.54, 1.807) is 18.2 Å². The van der Waals surface area contributed by atoms with Crippen LogP contribution in [0.25, 0.3) is 5.57 Å². The van der Waals surface area contributed by atoms with Crippen LogP contribution >= 0.6 is 12.4 Å². The minimum absolute atomic E-state index is 0. The Morgan fingerprint density at radius 2 is 1.68 bits per heavy atom. The molecule has 1 saturated heterocycles. The van der Waals surface area contributed by atoms with Gasteiger partial charge in [-0.2, -0.15) is 0 Å². The summed E-state index contributed by atoms with van der Waals surface area (Å²) in [4.78, 5) is 15.1. The van der Waals surface area contributed by atoms with Gasteiger partial charge in [-0.25, -0.2) is 4.39 Å². The number of ether oxygens (including phenoxy) is 1. The molecule has 0 amide bonds. The number of allylic oxidation sites excluding steroid dienone is 1. The number of carbonyl (C=O) groups is 1. The highest BCUT2D eigenvalue weighted by molar-refractivity contribution is 6.21. The topological polar surface area (TPSA) is 29.5 Å². The van der Waals surface area contributed by atoms with Crippen LogP contribution in [0.15, 0.2) is 60.9 Å². The summed E-state index contributed by atoms with van der Waals surface area (Å²) in [5, 5.41) is 0. The predicted molar refractivity (Wildman–Crippen MR) is 111 cm³/mol. The van der Waals surface area contributed by atoms with E-state index >= 15 is 0 Å². The zero-order valence-corrected chi connectivity index (χ0v) is 16.6. The highest BCUT2D eigenvalue weighted by Gasteiger charge is 2.41. The minimum atomic E-state index is -0.422. The van der Waals surface area contributed by atoms with E-state index in [0.29, 0.717) is 17.6 Å². The Labute approximate surface area is 171 Å². The second kappa shape index (κ2) is 8.89. The third kappa shape index (κ3) is 4.45. The van der Waals surface area contributed by atoms with Crippen molar-refractivity contribution in [2.45, 2.75) is 31.3 Å². The van der Waals surface area contributed by atoms with Gasteiger partial charge in [0.15, 0.2) is 5.78 Å². The van der Waals surface area contributed by atoms with Crippen molar-refractivity contribution in [1.82, 2.24) is 4.90 Å². The van der Waals surface area contributed by atoms with Gasteiger partial charge in [0.1, 0.15) is 11.4 Å². The summed E-state index contributed by atoms with van der Waals surface area (Å²) in [5.74, 6) is -0.406. The van der Waals surface area contributed by atoms with Crippen LogP contribution in [0.4, 0.5) is 4.39 Å². The first-order valence-electron chi connectivity index (χ1n) is 9.58. The fourth-order valence-corrected chi connectivity index (χ4v) is 3.98. The average Bonchev–Trinajstić information content (AvgIpc) is 2.70. The fourth-order valence-electron chi connectivity index (χ4n) is 3.98. The molecule has 0 saturated carbocycles. The van der Waals surface area contributed by atoms with Gasteiger partial charge in [0, 0.05) is 38.0 Å². The molecule has 148 valence electrons. The average molecular weight is 402 g/mol. The number of ketones is 1. The van der Waals surface area contributed by atoms with E-state index in [-0.39, 0.29) is 24.0 Å². The summed E-state index contributed by atoms with van der Waals surface area (Å²) in [6, 6.07) is 16.9. The van der Waals surface area contributed by atoms with Gasteiger partial charge in [-0.15, -0.1) is 12.4 Å². The Morgan fingerprint density at radius 3 is 2.36 bits per heavy atom. The molecule has 2 aliphatic heterocycles. The van der Waals surface area contributed by atoms with E-state index in [1.165, 1.54) is 17.9 Å². The third-order valence-electron chi connectivity index (χ3n) is 5.70. The van der Waals surface area contributed by atoms with Gasteiger partial charge < -0.3 is 9.64 Å². The molecule has 2 aliphatic rings. The smallest absolute Gasteiger partial charge is 0.170 e. The number of benzene rings is 2. The largest absolute Gasteiger partial charge is 0.494 e. The maximum Gasteiger partial charge on any atom is 0.170 e. The maximum absolute atomic E-state index is 14.0. The van der Waals surface area contributed by atoms with Crippen LogP contribution in [0.1, 0.15) is 30.4 Å². The van der Waals surface area contributed by atoms with Crippen molar-refractivity contribution >= 4 is 23.8 Å². The Bertz CT molecular complexity index is 845. The second-order valence-electron chi connectivity index (χ2n) is 7.49. The summed E-state index contributed by atoms with van der Waals surface area (Å²) < 4.78 is 20.0. The van der Waals surface area contributed by atoms with Crippen molar-refractivity contribution in [3.63, 3.8) is 0 Å². The molecule has 0 aliphatic carbocycles. The van der Waals surface area contributed by atoms with Crippen LogP contribution in [0.3, 0.4) is 0 Å². The fraction of sp³-hybridized carbons (Fsp3) is 0.348. The van der Waals surface area contributed by atoms with Crippen molar-refractivity contribution in [1.29, 1.82) is 0 Å². The molecule has 3 nitrogen and oxygen atoms in total. The van der Waals surface area contributed by atoms with Gasteiger partial charge in [-0.3, -0.25) is 4.79 Å². The first-order valence-corrected chi connectivity index (χ1v) is 9.58. The number of carbonyl (C=O) groups excluding carboxylic acids is 1. The first-order chi connectivity index (χ1) is 13.2. The quantitative estimate of drug-likeness (QED) is 0.746. The number of piperidine rings is 1. The summed E-state index contributed by atoms with van der Waals surface area (Å²) in [6.45, 7) is 2.86. The second-order valence-corrected chi connectivity index (χ2v) is 7.49. The van der Waals surface area contributed by atoms with Crippen LogP contribution in [-0.4, -0.2) is 35.9 Å². The zero-order valence-electron chi connectivity index (χ0n) is 15.8. The molecule has 2 aromatic carbocycles. The van der Waals surface area contributed by atoms with Gasteiger partial charge >= 0.3 is 0 Å². The van der Waals surface area contributed by atoms with Crippen molar-refractivity contribution in [3.05, 3.63) is 77.8 Å². The van der Waals surface area contributed by atoms with Crippen LogP contribution < -0.4 is 0 Å². The molecule has 0 radical (unpaired) electrons. The molecule has 5 heteroatoms. The van der Waals surface area contributed by atoms with Crippen LogP contribution in [0.2, 0.25) is 0 Å². The highest BCUT2D eigenvalue weighted by atomic mass is 35.5. The number of rotatable bonds is 4. The van der Waals surface area contributed by atoms with Crippen molar-refractivity contribution in [2.24, 2.45) is 0 Å². The van der Waals surface area contributed by atoms with Crippen LogP contribution in [0.5, 0.6) is 0 Å². The lowest BCUT2D eigenvalue weighted by Gasteiger charge is -2.42. The number of likely N-dealkylation sites (tertiary alicyclic amines) is 1. The monoisotopic (exact) mass is 401 g/mol. The Balaban J connectivity index is 0.00000225. The molecule has 1 spiro atoms. The van der Waals surface area contributed by atoms with Gasteiger partial charge in [0.25, 0.3) is 0 Å². The standard InChI is InChI=1S/C23H24FNO2.ClH/c24-21-9-5-4-8-19(21)20-17-27-23(16-22(20)26)11-14-25(15-12-23)13-10-18-6-2-1-3-7-18;/h1-9,17H,10-16H2;1H. The minimum Gasteiger partial charge on any atom is -0.494 e. The molecular formula is C23H25ClFNO2. The molecule has 0 N–H and O–H groups in total. The predicted octanol–water partition coefficient (Wildman–Crippen LogP) is 4.66. The highest BCUT2D eigenvalue weighted by Crippen LogP contribution is 2.37. The summed E-state index contributed by atoms with van der Waals surface area (Å²) >= 11 is 0. The van der Waals surface area contributed by atoms with E-state index in [1.807, 2.05) is 6.07 Å². The van der Waals surface area contributed by atoms with Crippen LogP contribution in [0, 0.1) is 5.82 Å². The number of hydrogen-bond donors (Lipinski definition) is 0. The normalized spacial score (nSPS) is 18.9. The van der Waals surface area contributed by atoms with E-state index in [4.69, 9.17) is 4.74 Å². The van der Waals surface area contributed by atoms with Gasteiger partial charge in [-0.05, 0) is 18.1 Å². The molecule has 0 unspecified atom stereocenters. The molecular weight excluding hydrogens is 377 g/mol. The zero-order chi connectivity index (χ0) is 18.7. The van der Waals surface area contributed by atoms with Gasteiger partial charge in [0.05, 0.1) is 18.3 Å². The summed E-state index contributed by atoms with van der Waals surface area (Å²) in [7, 11) is 0. The summed E-state index contributed by atoms with van der Waals surface area (Å²) in [5.41, 5.74) is 1.61. The van der Waals surface area contributed by atoms with E-state index < -0.39 is 5.60 Å². The molecule has 0 atom stereocenters. The van der Waals surface area contributed by atoms with Crippen molar-refractivity contribution in [3.8, 4) is 0 Å². The number of Topliss-reactive ketones (excluding diaryl/α,β-unsaturated/α-hetero) is 1. The van der Waals surface area contributed by atoms with Crippen molar-refractivity contribution in [2.75, 3.05) is 19.6 Å². The molecule has 0 aromatic heterocycles. The maximum atomic E-state index is 14.0. The van der Waals surface area contributed by atoms with E-state index in [9.17, 15) is 9.18 Å². The molecule has 2 aromatic rings. The number of halogens is 2. The Morgan fingerprint density at radius 1 is 1.00 bits per heavy atom. The number of nitrogens with zero attached hydrogens (tertiary/aromatic N) is 1. The lowest BCUT2D eigenvalue weighted by Crippen LogP contribution is -2.48. The molecule has 28 heavy (non-hydrogen) atoms. The van der Waals surface area contributed by atoms with Crippen LogP contribution in [-0.2, 0) is 16.0 Å². The molecule has 4 rings (SSSR count). The lowest BCUT2D eigenvalue weighted by molar-refractivity contribution is -0.124. The van der Waals surface area contributed by atoms with Crippen molar-refractivity contribution < 1.29 is 13.9 Å². The molecule has 0 bridgehead atoms. The van der Waals surface area contributed by atoms with E-state index in [2.05, 4.69) is 29.2 Å². The van der Waals surface area contributed by atoms with E-state index in [0.717, 1.165) is 38.9 Å². The third-order valence-corrected chi connectivity index (χ3v) is 5.70. The SMILES string of the molecule is Cl.O=C1CC2(CCN(CCc3ccccc3)CC2)OC=C1c1ccccc1F. The molecule has 2 heterocycles. The van der Waals surface area contributed by atoms with Gasteiger partial charge in [0.2, 0.25) is 0 Å². The Hall–Kier alpha value is -2.17.